The Kier molecular flexibility index (Phi) is 14.1. The van der Waals surface area contributed by atoms with Crippen LogP contribution in [0.4, 0.5) is 18.4 Å². The number of alkyl carbamates (subject to hydrolysis) is 1. The van der Waals surface area contributed by atoms with E-state index in [1.54, 1.807) is 39.0 Å². The van der Waals surface area contributed by atoms with Gasteiger partial charge in [0, 0.05) is 30.6 Å². The highest BCUT2D eigenvalue weighted by molar-refractivity contribution is 6.67. The fourth-order valence-corrected chi connectivity index (χ4v) is 10.9. The van der Waals surface area contributed by atoms with Crippen molar-refractivity contribution in [2.75, 3.05) is 13.2 Å². The molecule has 378 valence electrons. The maximum absolute atomic E-state index is 16.8. The SMILES string of the molecule is C=CC1OC2C3=C(C)C(OC(=O)C(F)(F)C(NC(=O)OC(C)(C)C)c4ccco4)CC(O)(C(OC(=O)c4ccccc4)C4C5(OC(C)=O)COC5CC(OC(=O)OCC(Cl)(Cl)Cl)[C@@]4(C)C2O1)C3(C)C. The lowest BCUT2D eigenvalue weighted by Crippen LogP contribution is -2.82. The first-order valence-electron chi connectivity index (χ1n) is 22.0. The van der Waals surface area contributed by atoms with Crippen molar-refractivity contribution in [1.29, 1.82) is 0 Å². The Bertz CT molecular complexity index is 2350. The Morgan fingerprint density at radius 2 is 1.68 bits per heavy atom. The number of benzene rings is 1. The molecule has 1 aromatic carbocycles. The number of amides is 1. The molecule has 2 aromatic rings. The molecule has 3 aliphatic carbocycles. The average molecular weight is 1030 g/mol. The Morgan fingerprint density at radius 3 is 2.25 bits per heavy atom. The minimum atomic E-state index is -4.58. The van der Waals surface area contributed by atoms with Crippen LogP contribution in [0.3, 0.4) is 0 Å². The third kappa shape index (κ3) is 9.56. The van der Waals surface area contributed by atoms with E-state index in [1.807, 2.05) is 5.32 Å². The number of carbonyl (C=O) groups is 5. The molecule has 7 rings (SSSR count). The van der Waals surface area contributed by atoms with Crippen LogP contribution in [0.25, 0.3) is 0 Å². The first-order chi connectivity index (χ1) is 32.0. The number of fused-ring (bicyclic) bond motifs is 8. The molecular weight excluding hydrogens is 979 g/mol. The summed E-state index contributed by atoms with van der Waals surface area (Å²) in [5, 5.41) is 16.0. The fourth-order valence-electron chi connectivity index (χ4n) is 10.7. The van der Waals surface area contributed by atoms with Gasteiger partial charge in [0.25, 0.3) is 0 Å². The second-order valence-corrected chi connectivity index (χ2v) is 22.1. The van der Waals surface area contributed by atoms with Crippen molar-refractivity contribution in [3.63, 3.8) is 0 Å². The Labute approximate surface area is 411 Å². The lowest BCUT2D eigenvalue weighted by Gasteiger charge is -2.69. The average Bonchev–Trinajstić information content (AvgIpc) is 3.94. The van der Waals surface area contributed by atoms with Gasteiger partial charge in [0.1, 0.15) is 60.2 Å². The third-order valence-electron chi connectivity index (χ3n) is 13.8. The molecule has 2 saturated carbocycles. The quantitative estimate of drug-likeness (QED) is 0.0943. The number of hydrogen-bond donors (Lipinski definition) is 2. The van der Waals surface area contributed by atoms with E-state index in [4.69, 9.17) is 81.9 Å². The number of rotatable bonds is 11. The van der Waals surface area contributed by atoms with Crippen molar-refractivity contribution in [2.45, 2.75) is 144 Å². The molecule has 0 radical (unpaired) electrons. The van der Waals surface area contributed by atoms with Crippen LogP contribution in [0.5, 0.6) is 0 Å². The summed E-state index contributed by atoms with van der Waals surface area (Å²) < 4.78 is 91.2. The van der Waals surface area contributed by atoms with Gasteiger partial charge in [-0.1, -0.05) is 80.4 Å². The van der Waals surface area contributed by atoms with E-state index in [2.05, 4.69) is 6.58 Å². The minimum Gasteiger partial charge on any atom is -0.467 e. The maximum Gasteiger partial charge on any atom is 0.508 e. The summed E-state index contributed by atoms with van der Waals surface area (Å²) >= 11 is 17.7. The number of aliphatic hydroxyl groups is 1. The summed E-state index contributed by atoms with van der Waals surface area (Å²) in [6.45, 7) is 14.8. The largest absolute Gasteiger partial charge is 0.508 e. The van der Waals surface area contributed by atoms with Crippen LogP contribution in [0, 0.1) is 16.7 Å². The number of ether oxygens (including phenoxy) is 9. The number of hydrogen-bond acceptors (Lipinski definition) is 16. The van der Waals surface area contributed by atoms with Gasteiger partial charge < -0.3 is 57.5 Å². The summed E-state index contributed by atoms with van der Waals surface area (Å²) in [5.74, 6) is -10.6. The molecule has 4 fully saturated rings. The molecule has 2 N–H and O–H groups in total. The molecule has 2 aliphatic heterocycles. The Balaban J connectivity index is 1.43. The van der Waals surface area contributed by atoms with E-state index in [0.717, 1.165) is 19.3 Å². The van der Waals surface area contributed by atoms with Crippen LogP contribution in [0.2, 0.25) is 0 Å². The molecule has 0 spiro atoms. The van der Waals surface area contributed by atoms with Crippen molar-refractivity contribution in [1.82, 2.24) is 5.32 Å². The van der Waals surface area contributed by atoms with Crippen molar-refractivity contribution in [2.24, 2.45) is 16.7 Å². The molecule has 12 atom stereocenters. The van der Waals surface area contributed by atoms with Crippen LogP contribution < -0.4 is 5.32 Å². The second-order valence-electron chi connectivity index (χ2n) is 19.6. The van der Waals surface area contributed by atoms with Gasteiger partial charge >= 0.3 is 36.1 Å². The molecule has 5 aliphatic rings. The van der Waals surface area contributed by atoms with Crippen molar-refractivity contribution < 1.29 is 84.9 Å². The lowest BCUT2D eigenvalue weighted by atomic mass is 9.44. The van der Waals surface area contributed by atoms with Crippen LogP contribution >= 0.6 is 34.8 Å². The van der Waals surface area contributed by atoms with Crippen molar-refractivity contribution >= 4 is 65.0 Å². The van der Waals surface area contributed by atoms with Crippen LogP contribution in [0.15, 0.2) is 76.9 Å². The molecule has 2 saturated heterocycles. The summed E-state index contributed by atoms with van der Waals surface area (Å²) in [7, 11) is 0. The second kappa shape index (κ2) is 18.6. The van der Waals surface area contributed by atoms with E-state index in [1.165, 1.54) is 52.0 Å². The molecule has 1 aromatic heterocycles. The number of halogens is 5. The zero-order valence-corrected chi connectivity index (χ0v) is 41.2. The third-order valence-corrected chi connectivity index (χ3v) is 14.1. The minimum absolute atomic E-state index is 0.0152. The van der Waals surface area contributed by atoms with E-state index >= 15 is 8.78 Å². The summed E-state index contributed by atoms with van der Waals surface area (Å²) in [5.41, 5.74) is -8.55. The number of nitrogens with one attached hydrogen (secondary N) is 1. The van der Waals surface area contributed by atoms with Gasteiger partial charge in [-0.2, -0.15) is 8.78 Å². The smallest absolute Gasteiger partial charge is 0.467 e. The highest BCUT2D eigenvalue weighted by atomic mass is 35.6. The van der Waals surface area contributed by atoms with Crippen LogP contribution in [-0.2, 0) is 52.2 Å². The highest BCUT2D eigenvalue weighted by Crippen LogP contribution is 2.67. The standard InChI is InChI=1S/C47H54Cl3F2NO16/c1-10-30-65-32-31-23(2)27(63-38(56)47(51,52)34(26-17-14-18-60-26)53-39(57)69-41(4,5)6)20-45(59,42(31,7)8)36(67-37(55)25-15-12-11-13-16-25)33-43(9,35(32)66-30)28(64-40(58)62-22-46(48,49)50)19-29-44(33,21-61-29)68-24(3)54/h10-18,27-30,32-36,59H,1,19-22H2,2-9H3,(H,53,57)/t27?,28?,29?,30?,32?,33?,34?,35?,36?,43-,44?,45?/m1/s1. The van der Waals surface area contributed by atoms with Gasteiger partial charge in [-0.05, 0) is 69.2 Å². The highest BCUT2D eigenvalue weighted by Gasteiger charge is 2.80. The molecule has 3 heterocycles. The van der Waals surface area contributed by atoms with E-state index < -0.39 is 141 Å². The normalized spacial score (nSPS) is 33.0. The van der Waals surface area contributed by atoms with Gasteiger partial charge in [-0.25, -0.2) is 19.2 Å². The van der Waals surface area contributed by atoms with E-state index in [9.17, 15) is 29.1 Å². The summed E-state index contributed by atoms with van der Waals surface area (Å²) in [6.07, 6.45) is -11.2. The predicted molar refractivity (Wildman–Crippen MR) is 238 cm³/mol. The number of carbonyl (C=O) groups excluding carboxylic acids is 5. The first kappa shape index (κ1) is 52.3. The van der Waals surface area contributed by atoms with Gasteiger partial charge in [-0.15, -0.1) is 0 Å². The van der Waals surface area contributed by atoms with Crippen LogP contribution in [0.1, 0.15) is 90.4 Å². The molecule has 22 heteroatoms. The zero-order chi connectivity index (χ0) is 50.9. The summed E-state index contributed by atoms with van der Waals surface area (Å²) in [4.78, 5) is 68.6. The maximum atomic E-state index is 16.8. The number of esters is 3. The topological polar surface area (TPSA) is 214 Å². The lowest BCUT2D eigenvalue weighted by molar-refractivity contribution is -0.362. The molecule has 1 amide bonds. The van der Waals surface area contributed by atoms with E-state index in [0.29, 0.717) is 0 Å². The molecule has 11 unspecified atom stereocenters. The number of furan rings is 1. The Morgan fingerprint density at radius 1 is 1.00 bits per heavy atom. The van der Waals surface area contributed by atoms with Gasteiger partial charge in [0.2, 0.25) is 3.79 Å². The van der Waals surface area contributed by atoms with Crippen molar-refractivity contribution in [3.8, 4) is 0 Å². The van der Waals surface area contributed by atoms with Crippen molar-refractivity contribution in [3.05, 3.63) is 83.9 Å². The monoisotopic (exact) mass is 1030 g/mol. The molecule has 17 nitrogen and oxygen atoms in total. The first-order valence-corrected chi connectivity index (χ1v) is 23.1. The number of alkyl halides is 5. The molecular formula is C47H54Cl3F2NO16. The molecule has 69 heavy (non-hydrogen) atoms. The fraction of sp³-hybridized carbons (Fsp3) is 0.596. The van der Waals surface area contributed by atoms with Gasteiger partial charge in [0.15, 0.2) is 17.9 Å². The Hall–Kier alpha value is -4.50. The summed E-state index contributed by atoms with van der Waals surface area (Å²) in [6, 6.07) is 7.63. The van der Waals surface area contributed by atoms with Crippen LogP contribution in [-0.4, -0.2) is 118 Å². The zero-order valence-electron chi connectivity index (χ0n) is 38.9. The van der Waals surface area contributed by atoms with Gasteiger partial charge in [-0.3, -0.25) is 4.79 Å². The van der Waals surface area contributed by atoms with E-state index in [-0.39, 0.29) is 29.7 Å². The van der Waals surface area contributed by atoms with Gasteiger partial charge in [0.05, 0.1) is 24.4 Å². The molecule has 2 bridgehead atoms. The predicted octanol–water partition coefficient (Wildman–Crippen LogP) is 8.02.